The van der Waals surface area contributed by atoms with Crippen LogP contribution < -0.4 is 5.56 Å². The van der Waals surface area contributed by atoms with E-state index in [2.05, 4.69) is 15.2 Å². The zero-order chi connectivity index (χ0) is 5.82. The minimum absolute atomic E-state index is 0.373. The van der Waals surface area contributed by atoms with E-state index in [1.165, 1.54) is 18.6 Å². The third-order valence-corrected chi connectivity index (χ3v) is 0.578. The third-order valence-electron chi connectivity index (χ3n) is 0.578. The van der Waals surface area contributed by atoms with E-state index < -0.39 is 0 Å². The van der Waals surface area contributed by atoms with Gasteiger partial charge in [0, 0.05) is 12.3 Å². The Bertz CT molecular complexity index is 202. The number of aromatic nitrogens is 3. The molecule has 0 atom stereocenters. The maximum atomic E-state index is 10.3. The van der Waals surface area contributed by atoms with E-state index >= 15 is 0 Å². The van der Waals surface area contributed by atoms with Crippen molar-refractivity contribution in [3.8, 4) is 0 Å². The van der Waals surface area contributed by atoms with E-state index in [4.69, 9.17) is 0 Å². The highest BCUT2D eigenvalue weighted by molar-refractivity contribution is 4.73. The minimum atomic E-state index is -0.373. The fraction of sp³-hybridized carbons (Fsp3) is 0. The van der Waals surface area contributed by atoms with Crippen LogP contribution in [0, 0.1) is 0 Å². The molecule has 1 aromatic heterocycles. The van der Waals surface area contributed by atoms with Crippen molar-refractivity contribution in [2.75, 3.05) is 0 Å². The molecule has 8 heavy (non-hydrogen) atoms. The van der Waals surface area contributed by atoms with Crippen LogP contribution in [0.15, 0.2) is 23.4 Å². The van der Waals surface area contributed by atoms with Crippen LogP contribution in [0.5, 0.6) is 0 Å². The number of hydrogen-bond donors (Lipinski definition) is 0. The molecule has 0 aliphatic rings. The van der Waals surface area contributed by atoms with Gasteiger partial charge < -0.3 is 0 Å². The number of rotatable bonds is 0. The standard InChI is InChI=1S/C4H3N3O/c8-4-1-2-5-3-6-7-4/h1-3H. The molecule has 0 aromatic carbocycles. The van der Waals surface area contributed by atoms with Gasteiger partial charge in [-0.15, -0.1) is 10.2 Å². The summed E-state index contributed by atoms with van der Waals surface area (Å²) in [5, 5.41) is 6.45. The summed E-state index contributed by atoms with van der Waals surface area (Å²) in [5.74, 6) is 0. The van der Waals surface area contributed by atoms with E-state index in [1.54, 1.807) is 0 Å². The summed E-state index contributed by atoms with van der Waals surface area (Å²) in [6.45, 7) is 0. The molecule has 1 aromatic rings. The minimum Gasteiger partial charge on any atom is -0.266 e. The monoisotopic (exact) mass is 109 g/mol. The van der Waals surface area contributed by atoms with Gasteiger partial charge in [0.15, 0.2) is 0 Å². The summed E-state index contributed by atoms with van der Waals surface area (Å²) in [5.41, 5.74) is -0.373. The Morgan fingerprint density at radius 2 is 2.38 bits per heavy atom. The zero-order valence-corrected chi connectivity index (χ0v) is 3.98. The van der Waals surface area contributed by atoms with Crippen LogP contribution in [0.3, 0.4) is 0 Å². The zero-order valence-electron chi connectivity index (χ0n) is 3.98. The van der Waals surface area contributed by atoms with E-state index in [0.717, 1.165) is 0 Å². The van der Waals surface area contributed by atoms with Crippen molar-refractivity contribution >= 4 is 0 Å². The normalized spacial score (nSPS) is 8.50. The predicted molar refractivity (Wildman–Crippen MR) is 26.1 cm³/mol. The molecular formula is C4H3N3O. The lowest BCUT2D eigenvalue weighted by atomic mass is 10.7. The molecule has 0 unspecified atom stereocenters. The van der Waals surface area contributed by atoms with Gasteiger partial charge in [-0.25, -0.2) is 4.98 Å². The molecule has 0 saturated heterocycles. The van der Waals surface area contributed by atoms with Crippen LogP contribution in [0.2, 0.25) is 0 Å². The van der Waals surface area contributed by atoms with Gasteiger partial charge in [-0.2, -0.15) is 0 Å². The third kappa shape index (κ3) is 1.07. The van der Waals surface area contributed by atoms with Crippen LogP contribution in [0.25, 0.3) is 0 Å². The number of hydrogen-bond acceptors (Lipinski definition) is 4. The van der Waals surface area contributed by atoms with Gasteiger partial charge in [-0.1, -0.05) is 0 Å². The van der Waals surface area contributed by atoms with Crippen LogP contribution in [0.4, 0.5) is 0 Å². The molecule has 0 fully saturated rings. The lowest BCUT2D eigenvalue weighted by Crippen LogP contribution is -1.98. The maximum absolute atomic E-state index is 10.3. The molecule has 0 aliphatic heterocycles. The first-order valence-electron chi connectivity index (χ1n) is 2.02. The predicted octanol–water partition coefficient (Wildman–Crippen LogP) is -0.768. The molecule has 0 saturated carbocycles. The van der Waals surface area contributed by atoms with E-state index in [-0.39, 0.29) is 5.56 Å². The average molecular weight is 109 g/mol. The topological polar surface area (TPSA) is 55.7 Å². The molecule has 0 radical (unpaired) electrons. The van der Waals surface area contributed by atoms with Gasteiger partial charge in [0.05, 0.1) is 0 Å². The van der Waals surface area contributed by atoms with Crippen molar-refractivity contribution in [1.82, 2.24) is 15.2 Å². The summed E-state index contributed by atoms with van der Waals surface area (Å²) in [6.07, 6.45) is 2.56. The van der Waals surface area contributed by atoms with Crippen LogP contribution in [-0.4, -0.2) is 15.2 Å². The first kappa shape index (κ1) is 4.83. The Kier molecular flexibility index (Phi) is 1.27. The molecule has 1 heterocycles. The van der Waals surface area contributed by atoms with Gasteiger partial charge >= 0.3 is 0 Å². The smallest absolute Gasteiger partial charge is 0.266 e. The Labute approximate surface area is 45.2 Å². The second-order valence-electron chi connectivity index (χ2n) is 1.13. The summed E-state index contributed by atoms with van der Waals surface area (Å²) >= 11 is 0. The highest BCUT2D eigenvalue weighted by Crippen LogP contribution is 1.55. The highest BCUT2D eigenvalue weighted by Gasteiger charge is 1.73. The van der Waals surface area contributed by atoms with Gasteiger partial charge in [0.2, 0.25) is 0 Å². The molecule has 1 rings (SSSR count). The van der Waals surface area contributed by atoms with Crippen molar-refractivity contribution in [2.45, 2.75) is 0 Å². The first-order chi connectivity index (χ1) is 3.89. The van der Waals surface area contributed by atoms with E-state index in [0.29, 0.717) is 0 Å². The summed E-state index contributed by atoms with van der Waals surface area (Å²) in [4.78, 5) is 13.8. The molecule has 4 nitrogen and oxygen atoms in total. The molecule has 0 N–H and O–H groups in total. The summed E-state index contributed by atoms with van der Waals surface area (Å²) in [7, 11) is 0. The van der Waals surface area contributed by atoms with Crippen molar-refractivity contribution in [3.63, 3.8) is 0 Å². The molecular weight excluding hydrogens is 106 g/mol. The Balaban J connectivity index is 3.32. The lowest BCUT2D eigenvalue weighted by molar-refractivity contribution is 0.993. The molecule has 4 heteroatoms. The molecule has 0 aliphatic carbocycles. The molecule has 40 valence electrons. The van der Waals surface area contributed by atoms with Crippen molar-refractivity contribution in [3.05, 3.63) is 28.9 Å². The second-order valence-corrected chi connectivity index (χ2v) is 1.13. The van der Waals surface area contributed by atoms with Gasteiger partial charge in [0.25, 0.3) is 5.56 Å². The Morgan fingerprint density at radius 3 is 3.25 bits per heavy atom. The van der Waals surface area contributed by atoms with Gasteiger partial charge in [-0.3, -0.25) is 4.79 Å². The number of nitrogens with zero attached hydrogens (tertiary/aromatic N) is 3. The van der Waals surface area contributed by atoms with Crippen LogP contribution >= 0.6 is 0 Å². The molecule has 0 bridgehead atoms. The Hall–Kier alpha value is -1.32. The second kappa shape index (κ2) is 2.11. The van der Waals surface area contributed by atoms with Crippen LogP contribution in [-0.2, 0) is 0 Å². The summed E-state index contributed by atoms with van der Waals surface area (Å²) in [6, 6.07) is 1.24. The lowest BCUT2D eigenvalue weighted by Gasteiger charge is -1.55. The summed E-state index contributed by atoms with van der Waals surface area (Å²) < 4.78 is 0. The largest absolute Gasteiger partial charge is 0.289 e. The quantitative estimate of drug-likeness (QED) is 0.439. The molecule has 0 amide bonds. The molecule has 0 spiro atoms. The first-order valence-corrected chi connectivity index (χ1v) is 2.02. The maximum Gasteiger partial charge on any atom is 0.289 e. The van der Waals surface area contributed by atoms with Crippen molar-refractivity contribution in [1.29, 1.82) is 0 Å². The average Bonchev–Trinajstić information content (AvgIpc) is 1.94. The Morgan fingerprint density at radius 1 is 1.50 bits per heavy atom. The van der Waals surface area contributed by atoms with Crippen molar-refractivity contribution < 1.29 is 0 Å². The van der Waals surface area contributed by atoms with Gasteiger partial charge in [-0.05, 0) is 0 Å². The van der Waals surface area contributed by atoms with E-state index in [1.807, 2.05) is 0 Å². The fourth-order valence-electron chi connectivity index (χ4n) is 0.291. The van der Waals surface area contributed by atoms with Gasteiger partial charge in [0.1, 0.15) is 6.33 Å². The van der Waals surface area contributed by atoms with Crippen molar-refractivity contribution in [2.24, 2.45) is 0 Å². The van der Waals surface area contributed by atoms with Crippen LogP contribution in [0.1, 0.15) is 0 Å². The van der Waals surface area contributed by atoms with E-state index in [9.17, 15) is 4.79 Å². The SMILES string of the molecule is O=c1ccncnn1. The highest BCUT2D eigenvalue weighted by atomic mass is 16.1. The fourth-order valence-corrected chi connectivity index (χ4v) is 0.291.